The van der Waals surface area contributed by atoms with Gasteiger partial charge in [0.2, 0.25) is 0 Å². The number of hydrogen-bond donors (Lipinski definition) is 2. The van der Waals surface area contributed by atoms with Crippen molar-refractivity contribution in [1.82, 2.24) is 10.9 Å². The lowest BCUT2D eigenvalue weighted by Gasteiger charge is -2.07. The molecule has 1 aromatic heterocycles. The molecule has 0 saturated carbocycles. The summed E-state index contributed by atoms with van der Waals surface area (Å²) in [5, 5.41) is 1.92. The number of hydrogen-bond acceptors (Lipinski definition) is 3. The molecule has 98 valence electrons. The van der Waals surface area contributed by atoms with E-state index in [4.69, 9.17) is 0 Å². The summed E-state index contributed by atoms with van der Waals surface area (Å²) in [5.41, 5.74) is 5.66. The van der Waals surface area contributed by atoms with Crippen LogP contribution in [-0.2, 0) is 0 Å². The number of nitrogens with one attached hydrogen (secondary N) is 2. The van der Waals surface area contributed by atoms with Crippen molar-refractivity contribution >= 4 is 17.0 Å². The Labute approximate surface area is 111 Å². The van der Waals surface area contributed by atoms with Gasteiger partial charge in [-0.2, -0.15) is 0 Å². The first-order chi connectivity index (χ1) is 9.15. The number of halogens is 3. The zero-order valence-corrected chi connectivity index (χ0v) is 10.4. The van der Waals surface area contributed by atoms with Crippen LogP contribution < -0.4 is 10.9 Å². The van der Waals surface area contributed by atoms with Crippen molar-refractivity contribution in [2.24, 2.45) is 0 Å². The quantitative estimate of drug-likeness (QED) is 0.882. The highest BCUT2D eigenvalue weighted by Crippen LogP contribution is 2.29. The third-order valence-electron chi connectivity index (χ3n) is 2.82. The van der Waals surface area contributed by atoms with E-state index in [-0.39, 0.29) is 17.3 Å². The van der Waals surface area contributed by atoms with Gasteiger partial charge in [0.1, 0.15) is 17.5 Å². The molecular weight excluding hydrogens is 273 g/mol. The van der Waals surface area contributed by atoms with Crippen molar-refractivity contribution in [2.45, 2.75) is 6.04 Å². The minimum absolute atomic E-state index is 0.154. The molecular formula is C13H9F3N2S. The van der Waals surface area contributed by atoms with Crippen molar-refractivity contribution in [3.8, 4) is 0 Å². The van der Waals surface area contributed by atoms with Gasteiger partial charge in [-0.25, -0.2) is 18.6 Å². The van der Waals surface area contributed by atoms with Crippen LogP contribution in [0.15, 0.2) is 35.7 Å². The van der Waals surface area contributed by atoms with Gasteiger partial charge >= 0.3 is 0 Å². The molecule has 6 heteroatoms. The number of hydrazine groups is 1. The van der Waals surface area contributed by atoms with Crippen LogP contribution in [0.5, 0.6) is 0 Å². The Morgan fingerprint density at radius 2 is 1.84 bits per heavy atom. The Hall–Kier alpha value is -1.79. The van der Waals surface area contributed by atoms with E-state index in [9.17, 15) is 13.2 Å². The third kappa shape index (κ3) is 2.24. The van der Waals surface area contributed by atoms with Crippen LogP contribution in [0.3, 0.4) is 0 Å². The zero-order chi connectivity index (χ0) is 13.4. The fourth-order valence-corrected chi connectivity index (χ4v) is 2.72. The molecule has 1 unspecified atom stereocenters. The molecule has 0 saturated heterocycles. The van der Waals surface area contributed by atoms with E-state index >= 15 is 0 Å². The Morgan fingerprint density at radius 3 is 2.47 bits per heavy atom. The standard InChI is InChI=1S/C13H9F3N2S/c14-7-4-8(15)13(9(16)5-7)11-6-10(17-18-11)12-2-1-3-19-12/h1-6,10,17-18H. The Bertz CT molecular complexity index is 614. The van der Waals surface area contributed by atoms with Crippen LogP contribution in [-0.4, -0.2) is 0 Å². The highest BCUT2D eigenvalue weighted by Gasteiger charge is 2.23. The minimum atomic E-state index is -0.930. The van der Waals surface area contributed by atoms with Crippen molar-refractivity contribution in [1.29, 1.82) is 0 Å². The first kappa shape index (κ1) is 12.3. The van der Waals surface area contributed by atoms with Gasteiger partial charge in [0, 0.05) is 17.0 Å². The number of benzene rings is 1. The second-order valence-corrected chi connectivity index (χ2v) is 5.07. The lowest BCUT2D eigenvalue weighted by atomic mass is 10.1. The smallest absolute Gasteiger partial charge is 0.138 e. The molecule has 0 bridgehead atoms. The molecule has 0 amide bonds. The molecule has 0 radical (unpaired) electrons. The molecule has 2 nitrogen and oxygen atoms in total. The zero-order valence-electron chi connectivity index (χ0n) is 9.58. The van der Waals surface area contributed by atoms with Crippen molar-refractivity contribution in [2.75, 3.05) is 0 Å². The maximum atomic E-state index is 13.6. The van der Waals surface area contributed by atoms with Crippen LogP contribution in [0, 0.1) is 17.5 Å². The fourth-order valence-electron chi connectivity index (χ4n) is 1.97. The van der Waals surface area contributed by atoms with E-state index in [2.05, 4.69) is 10.9 Å². The molecule has 2 heterocycles. The molecule has 2 aromatic rings. The maximum absolute atomic E-state index is 13.6. The summed E-state index contributed by atoms with van der Waals surface area (Å²) >= 11 is 1.53. The second-order valence-electron chi connectivity index (χ2n) is 4.09. The van der Waals surface area contributed by atoms with E-state index in [0.29, 0.717) is 12.1 Å². The highest BCUT2D eigenvalue weighted by atomic mass is 32.1. The van der Waals surface area contributed by atoms with E-state index in [1.807, 2.05) is 17.5 Å². The summed E-state index contributed by atoms with van der Waals surface area (Å²) in [6, 6.07) is 4.99. The van der Waals surface area contributed by atoms with E-state index in [1.165, 1.54) is 11.3 Å². The van der Waals surface area contributed by atoms with Gasteiger partial charge in [0.25, 0.3) is 0 Å². The van der Waals surface area contributed by atoms with Crippen LogP contribution in [0.1, 0.15) is 16.5 Å². The van der Waals surface area contributed by atoms with Gasteiger partial charge < -0.3 is 5.43 Å². The van der Waals surface area contributed by atoms with Crippen molar-refractivity contribution < 1.29 is 13.2 Å². The molecule has 1 atom stereocenters. The summed E-state index contributed by atoms with van der Waals surface area (Å²) in [4.78, 5) is 1.02. The topological polar surface area (TPSA) is 24.1 Å². The highest BCUT2D eigenvalue weighted by molar-refractivity contribution is 7.10. The van der Waals surface area contributed by atoms with Gasteiger partial charge in [-0.05, 0) is 17.5 Å². The molecule has 0 spiro atoms. The lowest BCUT2D eigenvalue weighted by molar-refractivity contribution is 0.535. The molecule has 3 rings (SSSR count). The molecule has 0 fully saturated rings. The Morgan fingerprint density at radius 1 is 1.11 bits per heavy atom. The minimum Gasteiger partial charge on any atom is -0.320 e. The third-order valence-corrected chi connectivity index (χ3v) is 3.78. The van der Waals surface area contributed by atoms with Gasteiger partial charge in [0.15, 0.2) is 0 Å². The first-order valence-corrected chi connectivity index (χ1v) is 6.45. The normalized spacial score (nSPS) is 18.3. The van der Waals surface area contributed by atoms with E-state index < -0.39 is 17.5 Å². The second kappa shape index (κ2) is 4.71. The van der Waals surface area contributed by atoms with Crippen LogP contribution in [0.4, 0.5) is 13.2 Å². The summed E-state index contributed by atoms with van der Waals surface area (Å²) in [6.45, 7) is 0. The maximum Gasteiger partial charge on any atom is 0.138 e. The number of rotatable bonds is 2. The lowest BCUT2D eigenvalue weighted by Crippen LogP contribution is -2.26. The average molecular weight is 282 g/mol. The predicted octanol–water partition coefficient (Wildman–Crippen LogP) is 3.36. The van der Waals surface area contributed by atoms with Crippen LogP contribution in [0.25, 0.3) is 5.70 Å². The van der Waals surface area contributed by atoms with Crippen molar-refractivity contribution in [3.05, 3.63) is 63.6 Å². The SMILES string of the molecule is Fc1cc(F)c(C2=CC(c3cccs3)NN2)c(F)c1. The van der Waals surface area contributed by atoms with Crippen LogP contribution in [0.2, 0.25) is 0 Å². The van der Waals surface area contributed by atoms with Gasteiger partial charge in [-0.1, -0.05) is 6.07 Å². The molecule has 1 aliphatic heterocycles. The fraction of sp³-hybridized carbons (Fsp3) is 0.0769. The molecule has 0 aliphatic carbocycles. The molecule has 1 aliphatic rings. The summed E-state index contributed by atoms with van der Waals surface area (Å²) in [5.74, 6) is -2.78. The van der Waals surface area contributed by atoms with Gasteiger partial charge in [-0.3, -0.25) is 0 Å². The number of thiophene rings is 1. The van der Waals surface area contributed by atoms with Gasteiger partial charge in [-0.15, -0.1) is 11.3 Å². The Balaban J connectivity index is 1.98. The van der Waals surface area contributed by atoms with Crippen LogP contribution >= 0.6 is 11.3 Å². The molecule has 1 aromatic carbocycles. The largest absolute Gasteiger partial charge is 0.320 e. The summed E-state index contributed by atoms with van der Waals surface area (Å²) < 4.78 is 40.2. The van der Waals surface area contributed by atoms with Gasteiger partial charge in [0.05, 0.1) is 17.3 Å². The average Bonchev–Trinajstić information content (AvgIpc) is 2.97. The summed E-state index contributed by atoms with van der Waals surface area (Å²) in [7, 11) is 0. The van der Waals surface area contributed by atoms with E-state index in [1.54, 1.807) is 6.08 Å². The summed E-state index contributed by atoms with van der Waals surface area (Å²) in [6.07, 6.45) is 1.67. The predicted molar refractivity (Wildman–Crippen MR) is 67.6 cm³/mol. The first-order valence-electron chi connectivity index (χ1n) is 5.57. The monoisotopic (exact) mass is 282 g/mol. The Kier molecular flexibility index (Phi) is 3.04. The van der Waals surface area contributed by atoms with Crippen molar-refractivity contribution in [3.63, 3.8) is 0 Å². The molecule has 19 heavy (non-hydrogen) atoms. The molecule has 2 N–H and O–H groups in total. The van der Waals surface area contributed by atoms with E-state index in [0.717, 1.165) is 4.88 Å².